The summed E-state index contributed by atoms with van der Waals surface area (Å²) >= 11 is 0. The van der Waals surface area contributed by atoms with Crippen LogP contribution in [0.4, 0.5) is 0 Å². The van der Waals surface area contributed by atoms with Crippen LogP contribution in [0.1, 0.15) is 30.4 Å². The second-order valence-corrected chi connectivity index (χ2v) is 6.62. The third-order valence-corrected chi connectivity index (χ3v) is 4.89. The van der Waals surface area contributed by atoms with Gasteiger partial charge in [-0.25, -0.2) is 4.98 Å². The van der Waals surface area contributed by atoms with Gasteiger partial charge in [-0.3, -0.25) is 14.3 Å². The van der Waals surface area contributed by atoms with E-state index >= 15 is 0 Å². The number of benzene rings is 1. The van der Waals surface area contributed by atoms with Crippen LogP contribution < -0.4 is 5.56 Å². The van der Waals surface area contributed by atoms with Crippen LogP contribution in [0.15, 0.2) is 35.3 Å². The van der Waals surface area contributed by atoms with Crippen LogP contribution in [0.2, 0.25) is 0 Å². The fourth-order valence-corrected chi connectivity index (χ4v) is 3.73. The van der Waals surface area contributed by atoms with E-state index in [2.05, 4.69) is 15.1 Å². The molecule has 0 aliphatic carbocycles. The molecule has 0 saturated carbocycles. The zero-order valence-corrected chi connectivity index (χ0v) is 14.7. The van der Waals surface area contributed by atoms with Crippen molar-refractivity contribution in [3.05, 3.63) is 52.3 Å². The number of rotatable bonds is 5. The van der Waals surface area contributed by atoms with Crippen LogP contribution in [0.5, 0.6) is 0 Å². The standard InChI is InChI=1S/C18H22N6O2/c1-22-19-11-13(21-22)12-23-8-4-7-16(23)17-20-15-6-3-2-5-14(15)18(26)24(17)9-10-25/h2-3,5-6,11,16,25H,4,7-10,12H2,1H3. The highest BCUT2D eigenvalue weighted by Crippen LogP contribution is 2.32. The summed E-state index contributed by atoms with van der Waals surface area (Å²) in [5, 5.41) is 18.5. The van der Waals surface area contributed by atoms with Gasteiger partial charge in [0.2, 0.25) is 0 Å². The molecule has 1 aliphatic heterocycles. The number of aliphatic hydroxyl groups excluding tert-OH is 1. The van der Waals surface area contributed by atoms with E-state index in [9.17, 15) is 9.90 Å². The van der Waals surface area contributed by atoms with Gasteiger partial charge < -0.3 is 5.11 Å². The van der Waals surface area contributed by atoms with E-state index in [1.807, 2.05) is 18.2 Å². The highest BCUT2D eigenvalue weighted by atomic mass is 16.3. The number of nitrogens with zero attached hydrogens (tertiary/aromatic N) is 6. The first-order valence-corrected chi connectivity index (χ1v) is 8.87. The van der Waals surface area contributed by atoms with E-state index in [0.717, 1.165) is 30.9 Å². The number of aryl methyl sites for hydroxylation is 1. The Morgan fingerprint density at radius 1 is 1.31 bits per heavy atom. The van der Waals surface area contributed by atoms with Crippen molar-refractivity contribution in [2.24, 2.45) is 7.05 Å². The molecule has 1 aromatic carbocycles. The maximum atomic E-state index is 12.9. The molecule has 4 rings (SSSR count). The third-order valence-electron chi connectivity index (χ3n) is 4.89. The van der Waals surface area contributed by atoms with Crippen LogP contribution >= 0.6 is 0 Å². The molecule has 0 spiro atoms. The molecule has 2 aromatic heterocycles. The molecular formula is C18H22N6O2. The van der Waals surface area contributed by atoms with Crippen molar-refractivity contribution >= 4 is 10.9 Å². The van der Waals surface area contributed by atoms with Crippen molar-refractivity contribution in [3.8, 4) is 0 Å². The lowest BCUT2D eigenvalue weighted by molar-refractivity contribution is 0.221. The lowest BCUT2D eigenvalue weighted by Gasteiger charge is -2.25. The second kappa shape index (κ2) is 6.97. The first kappa shape index (κ1) is 16.9. The molecule has 26 heavy (non-hydrogen) atoms. The Morgan fingerprint density at radius 2 is 2.15 bits per heavy atom. The summed E-state index contributed by atoms with van der Waals surface area (Å²) in [4.78, 5) is 21.6. The molecule has 1 N–H and O–H groups in total. The Bertz CT molecular complexity index is 979. The Balaban J connectivity index is 1.76. The predicted octanol–water partition coefficient (Wildman–Crippen LogP) is 0.854. The number of aliphatic hydroxyl groups is 1. The predicted molar refractivity (Wildman–Crippen MR) is 96.5 cm³/mol. The quantitative estimate of drug-likeness (QED) is 0.731. The summed E-state index contributed by atoms with van der Waals surface area (Å²) in [6, 6.07) is 7.41. The van der Waals surface area contributed by atoms with Crippen LogP contribution in [0.3, 0.4) is 0 Å². The molecule has 8 heteroatoms. The van der Waals surface area contributed by atoms with Crippen molar-refractivity contribution in [1.82, 2.24) is 29.4 Å². The molecule has 1 saturated heterocycles. The zero-order valence-electron chi connectivity index (χ0n) is 14.7. The third kappa shape index (κ3) is 3.02. The highest BCUT2D eigenvalue weighted by Gasteiger charge is 2.30. The van der Waals surface area contributed by atoms with Crippen molar-refractivity contribution in [3.63, 3.8) is 0 Å². The van der Waals surface area contributed by atoms with Crippen molar-refractivity contribution in [2.75, 3.05) is 13.2 Å². The van der Waals surface area contributed by atoms with Gasteiger partial charge >= 0.3 is 0 Å². The minimum atomic E-state index is -0.0934. The summed E-state index contributed by atoms with van der Waals surface area (Å²) in [7, 11) is 1.80. The number of aromatic nitrogens is 5. The summed E-state index contributed by atoms with van der Waals surface area (Å²) in [5.41, 5.74) is 1.51. The average Bonchev–Trinajstić information content (AvgIpc) is 3.27. The lowest BCUT2D eigenvalue weighted by Crippen LogP contribution is -2.33. The van der Waals surface area contributed by atoms with Crippen molar-refractivity contribution < 1.29 is 5.11 Å². The minimum Gasteiger partial charge on any atom is -0.395 e. The Kier molecular flexibility index (Phi) is 4.52. The van der Waals surface area contributed by atoms with E-state index in [1.165, 1.54) is 0 Å². The average molecular weight is 354 g/mol. The van der Waals surface area contributed by atoms with Gasteiger partial charge in [-0.05, 0) is 31.5 Å². The van der Waals surface area contributed by atoms with Crippen molar-refractivity contribution in [1.29, 1.82) is 0 Å². The molecule has 136 valence electrons. The number of para-hydroxylation sites is 1. The second-order valence-electron chi connectivity index (χ2n) is 6.62. The first-order valence-electron chi connectivity index (χ1n) is 8.87. The van der Waals surface area contributed by atoms with Crippen molar-refractivity contribution in [2.45, 2.75) is 32.0 Å². The van der Waals surface area contributed by atoms with Gasteiger partial charge in [0.15, 0.2) is 0 Å². The van der Waals surface area contributed by atoms with Gasteiger partial charge in [0.25, 0.3) is 5.56 Å². The summed E-state index contributed by atoms with van der Waals surface area (Å²) in [5.74, 6) is 0.726. The van der Waals surface area contributed by atoms with Gasteiger partial charge in [0.05, 0.1) is 42.0 Å². The Labute approximate surface area is 150 Å². The fourth-order valence-electron chi connectivity index (χ4n) is 3.73. The van der Waals surface area contributed by atoms with Gasteiger partial charge in [-0.15, -0.1) is 0 Å². The highest BCUT2D eigenvalue weighted by molar-refractivity contribution is 5.77. The molecule has 0 amide bonds. The summed E-state index contributed by atoms with van der Waals surface area (Å²) < 4.78 is 1.63. The molecule has 0 bridgehead atoms. The smallest absolute Gasteiger partial charge is 0.261 e. The van der Waals surface area contributed by atoms with Crippen LogP contribution in [-0.4, -0.2) is 47.7 Å². The SMILES string of the molecule is Cn1ncc(CN2CCCC2c2nc3ccccc3c(=O)n2CCO)n1. The number of likely N-dealkylation sites (tertiary alicyclic amines) is 1. The van der Waals surface area contributed by atoms with E-state index in [-0.39, 0.29) is 24.8 Å². The molecular weight excluding hydrogens is 332 g/mol. The van der Waals surface area contributed by atoms with Crippen LogP contribution in [0, 0.1) is 0 Å². The molecule has 1 atom stereocenters. The van der Waals surface area contributed by atoms with E-state index in [1.54, 1.807) is 28.7 Å². The Morgan fingerprint density at radius 3 is 2.92 bits per heavy atom. The zero-order chi connectivity index (χ0) is 18.1. The monoisotopic (exact) mass is 354 g/mol. The van der Waals surface area contributed by atoms with E-state index in [0.29, 0.717) is 17.4 Å². The normalized spacial score (nSPS) is 18.0. The van der Waals surface area contributed by atoms with Gasteiger partial charge in [0.1, 0.15) is 5.82 Å². The topological polar surface area (TPSA) is 89.1 Å². The van der Waals surface area contributed by atoms with E-state index < -0.39 is 0 Å². The summed E-state index contributed by atoms with van der Waals surface area (Å²) in [6.07, 6.45) is 3.73. The molecule has 1 fully saturated rings. The summed E-state index contributed by atoms with van der Waals surface area (Å²) in [6.45, 7) is 1.74. The van der Waals surface area contributed by atoms with Gasteiger partial charge in [-0.2, -0.15) is 15.0 Å². The van der Waals surface area contributed by atoms with Crippen LogP contribution in [0.25, 0.3) is 10.9 Å². The maximum absolute atomic E-state index is 12.9. The van der Waals surface area contributed by atoms with Gasteiger partial charge in [-0.1, -0.05) is 12.1 Å². The van der Waals surface area contributed by atoms with Gasteiger partial charge in [0, 0.05) is 13.6 Å². The molecule has 3 heterocycles. The molecule has 1 unspecified atom stereocenters. The molecule has 8 nitrogen and oxygen atoms in total. The van der Waals surface area contributed by atoms with Crippen LogP contribution in [-0.2, 0) is 20.1 Å². The largest absolute Gasteiger partial charge is 0.395 e. The molecule has 0 radical (unpaired) electrons. The number of hydrogen-bond donors (Lipinski definition) is 1. The number of fused-ring (bicyclic) bond motifs is 1. The van der Waals surface area contributed by atoms with E-state index in [4.69, 9.17) is 4.98 Å². The first-order chi connectivity index (χ1) is 12.7. The minimum absolute atomic E-state index is 0.0286. The lowest BCUT2D eigenvalue weighted by atomic mass is 10.1. The molecule has 1 aliphatic rings. The number of hydrogen-bond acceptors (Lipinski definition) is 6. The molecule has 3 aromatic rings. The fraction of sp³-hybridized carbons (Fsp3) is 0.444. The maximum Gasteiger partial charge on any atom is 0.261 e. The Hall–Kier alpha value is -2.58.